The second kappa shape index (κ2) is 13.4. The summed E-state index contributed by atoms with van der Waals surface area (Å²) in [5, 5.41) is 23.3. The fraction of sp³-hybridized carbons (Fsp3) is 1.00. The summed E-state index contributed by atoms with van der Waals surface area (Å²) in [6.45, 7) is 25.4. The zero-order chi connectivity index (χ0) is 37.1. The van der Waals surface area contributed by atoms with Crippen molar-refractivity contribution in [1.82, 2.24) is 9.80 Å². The Balaban J connectivity index is 0.942. The fourth-order valence-electron chi connectivity index (χ4n) is 15.0. The van der Waals surface area contributed by atoms with Crippen LogP contribution in [-0.4, -0.2) is 128 Å². The minimum Gasteiger partial charge on any atom is -0.393 e. The van der Waals surface area contributed by atoms with E-state index in [0.717, 1.165) is 65.3 Å². The van der Waals surface area contributed by atoms with Gasteiger partial charge in [-0.15, -0.1) is 0 Å². The van der Waals surface area contributed by atoms with Gasteiger partial charge in [0.2, 0.25) is 0 Å². The van der Waals surface area contributed by atoms with Gasteiger partial charge in [0.15, 0.2) is 6.29 Å². The van der Waals surface area contributed by atoms with Crippen molar-refractivity contribution >= 4 is 0 Å². The standard InChI is InChI=1S/C43H74N2O7/c1-10-50-37(39(5,6)47)31(48-9)19-27(2)30-20-34(46)41(8)33-12-11-32-38(3,4)35(13-14-42(32)26-43(33,42)16-15-40(30,41)7)52-36-23-44(17-18-51-36)28-21-45(22-28)29-24-49-25-29/h27-37,46-47H,10-26H2,1-9H3/t27-,30-,31?,32+,33?,34+,35+,36+,37+,40-,41-,42-,43+/m1/s1. The number of aliphatic hydroxyl groups excluding tert-OH is 1. The molecular weight excluding hydrogens is 656 g/mol. The van der Waals surface area contributed by atoms with Crippen LogP contribution in [0.1, 0.15) is 113 Å². The third kappa shape index (κ3) is 5.61. The molecule has 8 rings (SSSR count). The highest BCUT2D eigenvalue weighted by Gasteiger charge is 2.83. The van der Waals surface area contributed by atoms with Crippen LogP contribution in [0.5, 0.6) is 0 Å². The van der Waals surface area contributed by atoms with Crippen molar-refractivity contribution in [2.24, 2.45) is 50.7 Å². The van der Waals surface area contributed by atoms with Crippen molar-refractivity contribution in [2.45, 2.75) is 162 Å². The number of methoxy groups -OCH3 is 1. The quantitative estimate of drug-likeness (QED) is 0.261. The Morgan fingerprint density at radius 2 is 1.63 bits per heavy atom. The maximum atomic E-state index is 12.3. The lowest BCUT2D eigenvalue weighted by molar-refractivity contribution is -0.254. The summed E-state index contributed by atoms with van der Waals surface area (Å²) in [4.78, 5) is 5.21. The molecule has 3 heterocycles. The Labute approximate surface area is 315 Å². The summed E-state index contributed by atoms with van der Waals surface area (Å²) >= 11 is 0. The highest BCUT2D eigenvalue weighted by molar-refractivity contribution is 5.31. The predicted molar refractivity (Wildman–Crippen MR) is 201 cm³/mol. The number of nitrogens with zero attached hydrogens (tertiary/aromatic N) is 2. The van der Waals surface area contributed by atoms with E-state index in [0.29, 0.717) is 53.2 Å². The van der Waals surface area contributed by atoms with Crippen LogP contribution in [-0.2, 0) is 23.7 Å². The SMILES string of the molecule is CCO[C@@H](C(C[C@@H](C)[C@H]1C[C@H](O)[C@@]2(C)C3CC[C@H]4C(C)(C)[C@@H](O[C@H]5CN(C6CN(C7COC7)C6)CCO5)CC[C@@]45C[C@@]35CC[C@]12C)OC)C(C)(C)O. The van der Waals surface area contributed by atoms with Crippen molar-refractivity contribution in [1.29, 1.82) is 0 Å². The van der Waals surface area contributed by atoms with E-state index in [-0.39, 0.29) is 47.0 Å². The van der Waals surface area contributed by atoms with Gasteiger partial charge < -0.3 is 33.9 Å². The van der Waals surface area contributed by atoms with Crippen molar-refractivity contribution in [2.75, 3.05) is 59.7 Å². The molecule has 2 spiro atoms. The van der Waals surface area contributed by atoms with E-state index in [1.54, 1.807) is 7.11 Å². The van der Waals surface area contributed by atoms with E-state index in [4.69, 9.17) is 23.7 Å². The van der Waals surface area contributed by atoms with Gasteiger partial charge in [0.05, 0.1) is 49.8 Å². The Kier molecular flexibility index (Phi) is 9.90. The summed E-state index contributed by atoms with van der Waals surface area (Å²) in [6.07, 6.45) is 9.56. The van der Waals surface area contributed by atoms with Crippen LogP contribution >= 0.6 is 0 Å². The molecule has 3 saturated heterocycles. The molecule has 298 valence electrons. The van der Waals surface area contributed by atoms with Gasteiger partial charge in [-0.25, -0.2) is 0 Å². The number of morpholine rings is 1. The second-order valence-electron chi connectivity index (χ2n) is 20.8. The summed E-state index contributed by atoms with van der Waals surface area (Å²) < 4.78 is 30.9. The third-order valence-corrected chi connectivity index (χ3v) is 18.1. The molecule has 0 aromatic rings. The van der Waals surface area contributed by atoms with Gasteiger partial charge in [-0.2, -0.15) is 0 Å². The van der Waals surface area contributed by atoms with Crippen molar-refractivity contribution < 1.29 is 33.9 Å². The first-order chi connectivity index (χ1) is 24.6. The van der Waals surface area contributed by atoms with Gasteiger partial charge >= 0.3 is 0 Å². The number of hydrogen-bond acceptors (Lipinski definition) is 9. The lowest BCUT2D eigenvalue weighted by Gasteiger charge is -2.64. The maximum Gasteiger partial charge on any atom is 0.170 e. The average Bonchev–Trinajstić information content (AvgIpc) is 3.67. The van der Waals surface area contributed by atoms with Gasteiger partial charge in [0.1, 0.15) is 6.10 Å². The molecule has 0 aromatic carbocycles. The largest absolute Gasteiger partial charge is 0.393 e. The molecule has 8 aliphatic rings. The van der Waals surface area contributed by atoms with Gasteiger partial charge in [-0.3, -0.25) is 9.80 Å². The van der Waals surface area contributed by atoms with E-state index < -0.39 is 5.60 Å². The Morgan fingerprint density at radius 1 is 0.923 bits per heavy atom. The molecule has 0 bridgehead atoms. The Bertz CT molecular complexity index is 1300. The van der Waals surface area contributed by atoms with E-state index in [9.17, 15) is 10.2 Å². The predicted octanol–water partition coefficient (Wildman–Crippen LogP) is 5.74. The minimum absolute atomic E-state index is 0.0651. The van der Waals surface area contributed by atoms with Crippen LogP contribution in [0.2, 0.25) is 0 Å². The number of rotatable bonds is 12. The maximum absolute atomic E-state index is 12.3. The van der Waals surface area contributed by atoms with Crippen LogP contribution < -0.4 is 0 Å². The van der Waals surface area contributed by atoms with E-state index in [1.165, 1.54) is 38.5 Å². The molecule has 9 heteroatoms. The van der Waals surface area contributed by atoms with Crippen molar-refractivity contribution in [3.05, 3.63) is 0 Å². The highest BCUT2D eigenvalue weighted by atomic mass is 16.7. The number of likely N-dealkylation sites (tertiary alicyclic amines) is 1. The molecule has 0 aromatic heterocycles. The monoisotopic (exact) mass is 731 g/mol. The van der Waals surface area contributed by atoms with Crippen LogP contribution in [0, 0.1) is 50.7 Å². The zero-order valence-electron chi connectivity index (χ0n) is 34.2. The van der Waals surface area contributed by atoms with Crippen molar-refractivity contribution in [3.8, 4) is 0 Å². The van der Waals surface area contributed by atoms with Crippen LogP contribution in [0.15, 0.2) is 0 Å². The number of aliphatic hydroxyl groups is 2. The molecule has 2 unspecified atom stereocenters. The van der Waals surface area contributed by atoms with Crippen LogP contribution in [0.25, 0.3) is 0 Å². The lowest BCUT2D eigenvalue weighted by atomic mass is 9.41. The molecule has 0 amide bonds. The summed E-state index contributed by atoms with van der Waals surface area (Å²) in [7, 11) is 1.76. The van der Waals surface area contributed by atoms with Gasteiger partial charge in [0, 0.05) is 51.4 Å². The number of ether oxygens (including phenoxy) is 5. The number of hydrogen-bond donors (Lipinski definition) is 2. The normalized spacial score (nSPS) is 46.9. The first kappa shape index (κ1) is 38.5. The average molecular weight is 731 g/mol. The van der Waals surface area contributed by atoms with E-state index in [2.05, 4.69) is 44.4 Å². The summed E-state index contributed by atoms with van der Waals surface area (Å²) in [6, 6.07) is 1.25. The lowest BCUT2D eigenvalue weighted by Crippen LogP contribution is -2.68. The third-order valence-electron chi connectivity index (χ3n) is 18.1. The summed E-state index contributed by atoms with van der Waals surface area (Å²) in [5.74, 6) is 1.97. The van der Waals surface area contributed by atoms with Crippen molar-refractivity contribution in [3.63, 3.8) is 0 Å². The van der Waals surface area contributed by atoms with Gasteiger partial charge in [-0.05, 0) is 124 Å². The van der Waals surface area contributed by atoms with E-state index in [1.807, 2.05) is 20.8 Å². The molecule has 5 aliphatic carbocycles. The minimum atomic E-state index is -0.994. The molecule has 52 heavy (non-hydrogen) atoms. The zero-order valence-corrected chi connectivity index (χ0v) is 34.2. The molecule has 13 atom stereocenters. The topological polar surface area (TPSA) is 93.1 Å². The van der Waals surface area contributed by atoms with Gasteiger partial charge in [0.25, 0.3) is 0 Å². The van der Waals surface area contributed by atoms with Crippen LogP contribution in [0.3, 0.4) is 0 Å². The molecular formula is C43H74N2O7. The Hall–Kier alpha value is -0.360. The second-order valence-corrected chi connectivity index (χ2v) is 20.8. The molecule has 9 nitrogen and oxygen atoms in total. The molecule has 8 fully saturated rings. The molecule has 0 radical (unpaired) electrons. The van der Waals surface area contributed by atoms with Crippen LogP contribution in [0.4, 0.5) is 0 Å². The number of fused-ring (bicyclic) bond motifs is 2. The molecule has 2 N–H and O–H groups in total. The molecule has 3 aliphatic heterocycles. The highest BCUT2D eigenvalue weighted by Crippen LogP contribution is 2.89. The fourth-order valence-corrected chi connectivity index (χ4v) is 15.0. The summed E-state index contributed by atoms with van der Waals surface area (Å²) in [5.41, 5.74) is -0.208. The Morgan fingerprint density at radius 3 is 2.29 bits per heavy atom. The van der Waals surface area contributed by atoms with Gasteiger partial charge in [-0.1, -0.05) is 34.6 Å². The smallest absolute Gasteiger partial charge is 0.170 e. The first-order valence-electron chi connectivity index (χ1n) is 21.4. The van der Waals surface area contributed by atoms with E-state index >= 15 is 0 Å². The molecule has 5 saturated carbocycles. The first-order valence-corrected chi connectivity index (χ1v) is 21.4.